The molecule has 4 nitrogen and oxygen atoms in total. The third kappa shape index (κ3) is 2.78. The Morgan fingerprint density at radius 2 is 1.95 bits per heavy atom. The number of rotatable bonds is 2. The van der Waals surface area contributed by atoms with Crippen molar-refractivity contribution in [3.8, 4) is 0 Å². The van der Waals surface area contributed by atoms with Gasteiger partial charge in [-0.2, -0.15) is 13.2 Å². The Morgan fingerprint density at radius 1 is 1.19 bits per heavy atom. The van der Waals surface area contributed by atoms with Crippen molar-refractivity contribution in [1.29, 1.82) is 0 Å². The van der Waals surface area contributed by atoms with E-state index in [2.05, 4.69) is 20.2 Å². The highest BCUT2D eigenvalue weighted by molar-refractivity contribution is 5.50. The smallest absolute Gasteiger partial charge is 0.373 e. The number of nitrogens with zero attached hydrogens (tertiary/aromatic N) is 3. The van der Waals surface area contributed by atoms with Crippen molar-refractivity contribution >= 4 is 11.6 Å². The predicted octanol–water partition coefficient (Wildman–Crippen LogP) is 3.31. The number of alkyl halides is 3. The van der Waals surface area contributed by atoms with Gasteiger partial charge in [-0.25, -0.2) is 9.97 Å². The number of hydrogen-bond acceptors (Lipinski definition) is 4. The molecular formula is C14H19F3N4. The summed E-state index contributed by atoms with van der Waals surface area (Å²) in [6.07, 6.45) is 1.05. The van der Waals surface area contributed by atoms with Gasteiger partial charge in [0, 0.05) is 25.7 Å². The Kier molecular flexibility index (Phi) is 3.67. The first-order chi connectivity index (χ1) is 9.99. The third-order valence-electron chi connectivity index (χ3n) is 4.51. The van der Waals surface area contributed by atoms with Crippen molar-refractivity contribution in [2.75, 3.05) is 23.8 Å². The van der Waals surface area contributed by atoms with Gasteiger partial charge in [0.2, 0.25) is 5.82 Å². The molecule has 1 aromatic rings. The molecular weight excluding hydrogens is 281 g/mol. The average Bonchev–Trinajstić information content (AvgIpc) is 2.94. The molecule has 0 bridgehead atoms. The minimum absolute atomic E-state index is 0.215. The zero-order chi connectivity index (χ0) is 15.0. The van der Waals surface area contributed by atoms with E-state index in [1.165, 1.54) is 12.8 Å². The van der Waals surface area contributed by atoms with Crippen LogP contribution in [-0.2, 0) is 6.18 Å². The average molecular weight is 300 g/mol. The van der Waals surface area contributed by atoms with Crippen molar-refractivity contribution < 1.29 is 13.2 Å². The first-order valence-electron chi connectivity index (χ1n) is 7.39. The standard InChI is InChI=1S/C14H19F3N4/c1-18-11-8-12(20-13(19-11)14(15,16)17)21-7-3-5-9-4-2-6-10(9)21/h8-10H,2-7H2,1H3,(H,18,19,20). The summed E-state index contributed by atoms with van der Waals surface area (Å²) in [5.74, 6) is 0.149. The van der Waals surface area contributed by atoms with Crippen molar-refractivity contribution in [2.45, 2.75) is 44.3 Å². The summed E-state index contributed by atoms with van der Waals surface area (Å²) < 4.78 is 38.8. The van der Waals surface area contributed by atoms with Crippen LogP contribution < -0.4 is 10.2 Å². The molecule has 1 aliphatic carbocycles. The summed E-state index contributed by atoms with van der Waals surface area (Å²) in [5, 5.41) is 2.70. The summed E-state index contributed by atoms with van der Waals surface area (Å²) >= 11 is 0. The molecule has 2 aliphatic rings. The van der Waals surface area contributed by atoms with Crippen LogP contribution in [0.25, 0.3) is 0 Å². The predicted molar refractivity (Wildman–Crippen MR) is 74.3 cm³/mol. The molecule has 7 heteroatoms. The van der Waals surface area contributed by atoms with Crippen molar-refractivity contribution in [3.63, 3.8) is 0 Å². The lowest BCUT2D eigenvalue weighted by molar-refractivity contribution is -0.144. The van der Waals surface area contributed by atoms with Crippen LogP contribution >= 0.6 is 0 Å². The van der Waals surface area contributed by atoms with Crippen LogP contribution in [0.15, 0.2) is 6.07 Å². The fraction of sp³-hybridized carbons (Fsp3) is 0.714. The van der Waals surface area contributed by atoms with E-state index in [4.69, 9.17) is 0 Å². The minimum atomic E-state index is -4.52. The van der Waals surface area contributed by atoms with Gasteiger partial charge in [-0.05, 0) is 31.6 Å². The zero-order valence-electron chi connectivity index (χ0n) is 12.0. The van der Waals surface area contributed by atoms with Gasteiger partial charge >= 0.3 is 6.18 Å². The van der Waals surface area contributed by atoms with E-state index in [-0.39, 0.29) is 5.82 Å². The van der Waals surface area contributed by atoms with E-state index in [0.29, 0.717) is 17.8 Å². The van der Waals surface area contributed by atoms with Crippen molar-refractivity contribution in [3.05, 3.63) is 11.9 Å². The SMILES string of the molecule is CNc1cc(N2CCCC3CCCC32)nc(C(F)(F)F)n1. The van der Waals surface area contributed by atoms with Gasteiger partial charge < -0.3 is 10.2 Å². The third-order valence-corrected chi connectivity index (χ3v) is 4.51. The number of halogens is 3. The van der Waals surface area contributed by atoms with E-state index in [9.17, 15) is 13.2 Å². The van der Waals surface area contributed by atoms with E-state index in [0.717, 1.165) is 25.8 Å². The molecule has 1 saturated heterocycles. The lowest BCUT2D eigenvalue weighted by Gasteiger charge is -2.38. The largest absolute Gasteiger partial charge is 0.451 e. The molecule has 2 unspecified atom stereocenters. The summed E-state index contributed by atoms with van der Waals surface area (Å²) in [7, 11) is 1.57. The molecule has 2 fully saturated rings. The molecule has 1 N–H and O–H groups in total. The molecule has 0 spiro atoms. The van der Waals surface area contributed by atoms with Crippen LogP contribution in [0.1, 0.15) is 37.9 Å². The van der Waals surface area contributed by atoms with Crippen LogP contribution in [0.4, 0.5) is 24.8 Å². The first kappa shape index (κ1) is 14.4. The Labute approximate surface area is 121 Å². The number of aromatic nitrogens is 2. The maximum Gasteiger partial charge on any atom is 0.451 e. The summed E-state index contributed by atoms with van der Waals surface area (Å²) in [4.78, 5) is 9.37. The second-order valence-corrected chi connectivity index (χ2v) is 5.78. The van der Waals surface area contributed by atoms with Gasteiger partial charge in [0.15, 0.2) is 0 Å². The minimum Gasteiger partial charge on any atom is -0.373 e. The lowest BCUT2D eigenvalue weighted by Crippen LogP contribution is -2.43. The number of nitrogens with one attached hydrogen (secondary N) is 1. The Balaban J connectivity index is 1.97. The molecule has 1 aromatic heterocycles. The molecule has 1 saturated carbocycles. The van der Waals surface area contributed by atoms with Gasteiger partial charge in [-0.3, -0.25) is 0 Å². The van der Waals surface area contributed by atoms with Gasteiger partial charge in [-0.15, -0.1) is 0 Å². The van der Waals surface area contributed by atoms with Crippen LogP contribution in [0.2, 0.25) is 0 Å². The maximum atomic E-state index is 12.9. The Bertz CT molecular complexity index is 517. The van der Waals surface area contributed by atoms with Gasteiger partial charge in [0.05, 0.1) is 0 Å². The van der Waals surface area contributed by atoms with Gasteiger partial charge in [0.1, 0.15) is 11.6 Å². The molecule has 0 radical (unpaired) electrons. The van der Waals surface area contributed by atoms with Crippen molar-refractivity contribution in [2.24, 2.45) is 5.92 Å². The van der Waals surface area contributed by atoms with Crippen LogP contribution in [-0.4, -0.2) is 29.6 Å². The monoisotopic (exact) mass is 300 g/mol. The Morgan fingerprint density at radius 3 is 2.67 bits per heavy atom. The first-order valence-corrected chi connectivity index (χ1v) is 7.39. The number of anilines is 2. The highest BCUT2D eigenvalue weighted by Gasteiger charge is 2.39. The molecule has 2 heterocycles. The molecule has 0 amide bonds. The molecule has 2 atom stereocenters. The molecule has 0 aromatic carbocycles. The zero-order valence-corrected chi connectivity index (χ0v) is 12.0. The van der Waals surface area contributed by atoms with E-state index >= 15 is 0 Å². The second kappa shape index (κ2) is 5.35. The number of piperidine rings is 1. The second-order valence-electron chi connectivity index (χ2n) is 5.78. The number of hydrogen-bond donors (Lipinski definition) is 1. The molecule has 3 rings (SSSR count). The highest BCUT2D eigenvalue weighted by atomic mass is 19.4. The summed E-state index contributed by atoms with van der Waals surface area (Å²) in [6.45, 7) is 0.776. The maximum absolute atomic E-state index is 12.9. The lowest BCUT2D eigenvalue weighted by atomic mass is 9.92. The van der Waals surface area contributed by atoms with Crippen LogP contribution in [0.3, 0.4) is 0 Å². The summed E-state index contributed by atoms with van der Waals surface area (Å²) in [6, 6.07) is 1.95. The van der Waals surface area contributed by atoms with Crippen LogP contribution in [0, 0.1) is 5.92 Å². The fourth-order valence-corrected chi connectivity index (χ4v) is 3.57. The quantitative estimate of drug-likeness (QED) is 0.910. The van der Waals surface area contributed by atoms with Crippen molar-refractivity contribution in [1.82, 2.24) is 9.97 Å². The Hall–Kier alpha value is -1.53. The molecule has 21 heavy (non-hydrogen) atoms. The summed E-state index contributed by atoms with van der Waals surface area (Å²) in [5.41, 5.74) is 0. The van der Waals surface area contributed by atoms with E-state index in [1.807, 2.05) is 0 Å². The van der Waals surface area contributed by atoms with E-state index < -0.39 is 12.0 Å². The topological polar surface area (TPSA) is 41.0 Å². The highest BCUT2D eigenvalue weighted by Crippen LogP contribution is 2.39. The van der Waals surface area contributed by atoms with E-state index in [1.54, 1.807) is 13.1 Å². The normalized spacial score (nSPS) is 25.8. The van der Waals surface area contributed by atoms with Crippen LogP contribution in [0.5, 0.6) is 0 Å². The fourth-order valence-electron chi connectivity index (χ4n) is 3.57. The van der Waals surface area contributed by atoms with Gasteiger partial charge in [-0.1, -0.05) is 6.42 Å². The molecule has 1 aliphatic heterocycles. The molecule has 116 valence electrons. The van der Waals surface area contributed by atoms with Gasteiger partial charge in [0.25, 0.3) is 0 Å². The number of fused-ring (bicyclic) bond motifs is 1.